The van der Waals surface area contributed by atoms with Crippen molar-refractivity contribution in [2.45, 2.75) is 6.54 Å². The first kappa shape index (κ1) is 19.2. The number of anilines is 2. The van der Waals surface area contributed by atoms with Gasteiger partial charge in [0, 0.05) is 35.6 Å². The van der Waals surface area contributed by atoms with Crippen LogP contribution in [0.25, 0.3) is 22.3 Å². The summed E-state index contributed by atoms with van der Waals surface area (Å²) in [6.07, 6.45) is 3.43. The Kier molecular flexibility index (Phi) is 5.38. The molecule has 2 heterocycles. The van der Waals surface area contributed by atoms with E-state index in [1.807, 2.05) is 32.3 Å². The summed E-state index contributed by atoms with van der Waals surface area (Å²) in [5.74, 6) is 0.716. The van der Waals surface area contributed by atoms with E-state index in [0.29, 0.717) is 17.3 Å². The molecule has 0 aliphatic heterocycles. The van der Waals surface area contributed by atoms with Crippen molar-refractivity contribution in [1.82, 2.24) is 19.9 Å². The van der Waals surface area contributed by atoms with Crippen LogP contribution in [0.15, 0.2) is 60.9 Å². The fraction of sp³-hybridized carbons (Fsp3) is 0.136. The Hall–Kier alpha value is -3.09. The Morgan fingerprint density at radius 2 is 1.93 bits per heavy atom. The highest BCUT2D eigenvalue weighted by Crippen LogP contribution is 2.29. The summed E-state index contributed by atoms with van der Waals surface area (Å²) in [6.45, 7) is 0.794. The van der Waals surface area contributed by atoms with Crippen LogP contribution < -0.4 is 5.32 Å². The van der Waals surface area contributed by atoms with E-state index in [9.17, 15) is 4.39 Å². The highest BCUT2D eigenvalue weighted by molar-refractivity contribution is 6.31. The summed E-state index contributed by atoms with van der Waals surface area (Å²) in [5.41, 5.74) is 3.40. The molecule has 0 aliphatic carbocycles. The second-order valence-electron chi connectivity index (χ2n) is 6.98. The largest absolute Gasteiger partial charge is 0.340 e. The lowest BCUT2D eigenvalue weighted by Crippen LogP contribution is -2.10. The molecule has 4 aromatic rings. The van der Waals surface area contributed by atoms with Gasteiger partial charge in [0.25, 0.3) is 0 Å². The predicted molar refractivity (Wildman–Crippen MR) is 115 cm³/mol. The molecule has 146 valence electrons. The summed E-state index contributed by atoms with van der Waals surface area (Å²) in [7, 11) is 4.04. The van der Waals surface area contributed by atoms with Gasteiger partial charge in [0.05, 0.1) is 10.5 Å². The van der Waals surface area contributed by atoms with Crippen molar-refractivity contribution in [2.24, 2.45) is 0 Å². The zero-order valence-corrected chi connectivity index (χ0v) is 16.8. The summed E-state index contributed by atoms with van der Waals surface area (Å²) in [6, 6.07) is 14.4. The number of rotatable bonds is 5. The van der Waals surface area contributed by atoms with Gasteiger partial charge in [-0.3, -0.25) is 4.98 Å². The Labute approximate surface area is 173 Å². The van der Waals surface area contributed by atoms with Gasteiger partial charge in [-0.2, -0.15) is 0 Å². The van der Waals surface area contributed by atoms with Crippen LogP contribution in [0.3, 0.4) is 0 Å². The Bertz CT molecular complexity index is 1160. The highest BCUT2D eigenvalue weighted by atomic mass is 35.5. The van der Waals surface area contributed by atoms with E-state index in [0.717, 1.165) is 28.6 Å². The normalized spacial score (nSPS) is 11.2. The van der Waals surface area contributed by atoms with Crippen molar-refractivity contribution >= 4 is 34.0 Å². The van der Waals surface area contributed by atoms with Gasteiger partial charge in [-0.1, -0.05) is 17.7 Å². The first-order chi connectivity index (χ1) is 14.0. The minimum atomic E-state index is -0.464. The van der Waals surface area contributed by atoms with Crippen LogP contribution in [-0.2, 0) is 6.54 Å². The third-order valence-electron chi connectivity index (χ3n) is 4.36. The monoisotopic (exact) mass is 407 g/mol. The molecule has 0 spiro atoms. The molecule has 0 amide bonds. The number of hydrogen-bond donors (Lipinski definition) is 1. The molecule has 2 aromatic heterocycles. The maximum absolute atomic E-state index is 13.6. The number of fused-ring (bicyclic) bond motifs is 1. The second kappa shape index (κ2) is 8.11. The van der Waals surface area contributed by atoms with E-state index in [-0.39, 0.29) is 5.02 Å². The lowest BCUT2D eigenvalue weighted by molar-refractivity contribution is 0.403. The molecule has 0 saturated heterocycles. The van der Waals surface area contributed by atoms with Gasteiger partial charge in [-0.15, -0.1) is 0 Å². The first-order valence-electron chi connectivity index (χ1n) is 9.07. The zero-order valence-electron chi connectivity index (χ0n) is 16.0. The van der Waals surface area contributed by atoms with Gasteiger partial charge >= 0.3 is 0 Å². The van der Waals surface area contributed by atoms with Crippen molar-refractivity contribution in [3.8, 4) is 11.4 Å². The van der Waals surface area contributed by atoms with E-state index in [1.54, 1.807) is 18.5 Å². The maximum Gasteiger partial charge on any atom is 0.163 e. The van der Waals surface area contributed by atoms with E-state index >= 15 is 0 Å². The van der Waals surface area contributed by atoms with Gasteiger partial charge in [-0.25, -0.2) is 14.4 Å². The summed E-state index contributed by atoms with van der Waals surface area (Å²) < 4.78 is 13.6. The number of benzene rings is 2. The number of hydrogen-bond acceptors (Lipinski definition) is 5. The molecular weight excluding hydrogens is 389 g/mol. The van der Waals surface area contributed by atoms with Crippen LogP contribution in [0.4, 0.5) is 15.9 Å². The van der Waals surface area contributed by atoms with Gasteiger partial charge < -0.3 is 10.2 Å². The van der Waals surface area contributed by atoms with Crippen LogP contribution in [-0.4, -0.2) is 33.9 Å². The van der Waals surface area contributed by atoms with E-state index in [4.69, 9.17) is 21.6 Å². The maximum atomic E-state index is 13.6. The smallest absolute Gasteiger partial charge is 0.163 e. The van der Waals surface area contributed by atoms with Gasteiger partial charge in [-0.05, 0) is 62.1 Å². The van der Waals surface area contributed by atoms with Crippen LogP contribution in [0, 0.1) is 5.82 Å². The van der Waals surface area contributed by atoms with Crippen LogP contribution in [0.5, 0.6) is 0 Å². The third kappa shape index (κ3) is 4.34. The fourth-order valence-corrected chi connectivity index (χ4v) is 3.25. The molecule has 1 N–H and O–H groups in total. The van der Waals surface area contributed by atoms with Gasteiger partial charge in [0.2, 0.25) is 0 Å². The van der Waals surface area contributed by atoms with Crippen molar-refractivity contribution in [3.63, 3.8) is 0 Å². The lowest BCUT2D eigenvalue weighted by Gasteiger charge is -2.14. The highest BCUT2D eigenvalue weighted by Gasteiger charge is 2.12. The molecule has 0 fully saturated rings. The minimum Gasteiger partial charge on any atom is -0.340 e. The molecule has 0 unspecified atom stereocenters. The van der Waals surface area contributed by atoms with Crippen molar-refractivity contribution in [2.75, 3.05) is 19.4 Å². The molecule has 0 radical (unpaired) electrons. The molecule has 2 aromatic carbocycles. The summed E-state index contributed by atoms with van der Waals surface area (Å²) in [4.78, 5) is 15.7. The van der Waals surface area contributed by atoms with Crippen LogP contribution in [0.2, 0.25) is 5.02 Å². The first-order valence-corrected chi connectivity index (χ1v) is 9.45. The third-order valence-corrected chi connectivity index (χ3v) is 4.65. The van der Waals surface area contributed by atoms with Crippen molar-refractivity contribution in [3.05, 3.63) is 77.3 Å². The minimum absolute atomic E-state index is 0.0501. The van der Waals surface area contributed by atoms with E-state index < -0.39 is 5.82 Å². The standard InChI is InChI=1S/C22H19ClFN5/c1-29(2)13-14-5-8-20-17(10-14)22(26-16-6-7-19(24)18(23)11-16)28-21(27-20)15-4-3-9-25-12-15/h3-12H,13H2,1-2H3,(H,26,27,28). The summed E-state index contributed by atoms with van der Waals surface area (Å²) in [5, 5.41) is 4.19. The molecule has 0 saturated carbocycles. The van der Waals surface area contributed by atoms with Crippen molar-refractivity contribution < 1.29 is 4.39 Å². The molecule has 0 atom stereocenters. The predicted octanol–water partition coefficient (Wildman–Crippen LogP) is 5.29. The Morgan fingerprint density at radius 1 is 1.07 bits per heavy atom. The molecule has 29 heavy (non-hydrogen) atoms. The average molecular weight is 408 g/mol. The van der Waals surface area contributed by atoms with Crippen LogP contribution in [0.1, 0.15) is 5.56 Å². The molecular formula is C22H19ClFN5. The van der Waals surface area contributed by atoms with Crippen molar-refractivity contribution in [1.29, 1.82) is 0 Å². The Balaban J connectivity index is 1.85. The zero-order chi connectivity index (χ0) is 20.4. The van der Waals surface area contributed by atoms with Gasteiger partial charge in [0.15, 0.2) is 5.82 Å². The number of aromatic nitrogens is 3. The molecule has 5 nitrogen and oxygen atoms in total. The summed E-state index contributed by atoms with van der Waals surface area (Å²) >= 11 is 5.95. The number of pyridine rings is 1. The van der Waals surface area contributed by atoms with E-state index in [2.05, 4.69) is 27.3 Å². The molecule has 4 rings (SSSR count). The number of nitrogens with one attached hydrogen (secondary N) is 1. The number of halogens is 2. The average Bonchev–Trinajstić information content (AvgIpc) is 2.71. The fourth-order valence-electron chi connectivity index (χ4n) is 3.07. The topological polar surface area (TPSA) is 53.9 Å². The second-order valence-corrected chi connectivity index (χ2v) is 7.39. The van der Waals surface area contributed by atoms with Crippen LogP contribution >= 0.6 is 11.6 Å². The SMILES string of the molecule is CN(C)Cc1ccc2nc(-c3cccnc3)nc(Nc3ccc(F)c(Cl)c3)c2c1. The molecule has 7 heteroatoms. The van der Waals surface area contributed by atoms with E-state index in [1.165, 1.54) is 12.1 Å². The quantitative estimate of drug-likeness (QED) is 0.487. The number of nitrogens with zero attached hydrogens (tertiary/aromatic N) is 4. The molecule has 0 bridgehead atoms. The molecule has 0 aliphatic rings. The lowest BCUT2D eigenvalue weighted by atomic mass is 10.1. The van der Waals surface area contributed by atoms with Gasteiger partial charge in [0.1, 0.15) is 11.6 Å². The Morgan fingerprint density at radius 3 is 2.66 bits per heavy atom.